The van der Waals surface area contributed by atoms with Crippen LogP contribution in [-0.4, -0.2) is 73.2 Å². The van der Waals surface area contributed by atoms with Gasteiger partial charge in [-0.25, -0.2) is 0 Å². The summed E-state index contributed by atoms with van der Waals surface area (Å²) in [6.45, 7) is 1.28. The van der Waals surface area contributed by atoms with E-state index in [-0.39, 0.29) is 56.0 Å². The largest absolute Gasteiger partial charge is 0.494 e. The van der Waals surface area contributed by atoms with Gasteiger partial charge in [-0.3, -0.25) is 19.8 Å². The maximum Gasteiger partial charge on any atom is 0.243 e. The number of para-hydroxylation sites is 1. The second-order valence-electron chi connectivity index (χ2n) is 8.82. The van der Waals surface area contributed by atoms with Gasteiger partial charge in [-0.05, 0) is 24.6 Å². The second kappa shape index (κ2) is 12.2. The van der Waals surface area contributed by atoms with Crippen LogP contribution in [0.4, 0.5) is 0 Å². The number of thiophene rings is 1. The lowest BCUT2D eigenvalue weighted by atomic mass is 10.1. The Balaban J connectivity index is 1.27. The summed E-state index contributed by atoms with van der Waals surface area (Å²) in [5.74, 6) is -1.32. The van der Waals surface area contributed by atoms with Crippen LogP contribution in [0.15, 0.2) is 41.8 Å². The average molecular weight is 530 g/mol. The number of ether oxygens (including phenoxy) is 3. The van der Waals surface area contributed by atoms with Crippen molar-refractivity contribution in [2.24, 2.45) is 5.73 Å². The Morgan fingerprint density at radius 2 is 1.95 bits per heavy atom. The van der Waals surface area contributed by atoms with Gasteiger partial charge in [0.1, 0.15) is 17.6 Å². The molecule has 2 aliphatic rings. The van der Waals surface area contributed by atoms with Crippen LogP contribution in [0.5, 0.6) is 5.75 Å². The molecule has 37 heavy (non-hydrogen) atoms. The summed E-state index contributed by atoms with van der Waals surface area (Å²) >= 11 is 1.38. The lowest BCUT2D eigenvalue weighted by molar-refractivity contribution is -0.152. The summed E-state index contributed by atoms with van der Waals surface area (Å²) in [5, 5.41) is 14.7. The first-order chi connectivity index (χ1) is 17.8. The fourth-order valence-electron chi connectivity index (χ4n) is 4.25. The molecule has 0 bridgehead atoms. The summed E-state index contributed by atoms with van der Waals surface area (Å²) in [4.78, 5) is 40.6. The van der Waals surface area contributed by atoms with E-state index in [1.165, 1.54) is 16.2 Å². The van der Waals surface area contributed by atoms with Crippen LogP contribution in [0.25, 0.3) is 0 Å². The molecular formula is C25H31N5O6S. The molecule has 198 valence electrons. The van der Waals surface area contributed by atoms with Gasteiger partial charge in [0.15, 0.2) is 5.79 Å². The lowest BCUT2D eigenvalue weighted by Gasteiger charge is -2.24. The van der Waals surface area contributed by atoms with Crippen LogP contribution in [0.1, 0.15) is 29.7 Å². The SMILES string of the molecule is N=C(N)c1csc(CNC(=O)[C@@H]2CC3(CN2C(=O)CNC(=O)CCCOc2ccccc2)OCCO3)c1. The van der Waals surface area contributed by atoms with Gasteiger partial charge in [-0.1, -0.05) is 18.2 Å². The number of amides is 3. The molecule has 4 rings (SSSR count). The minimum Gasteiger partial charge on any atom is -0.494 e. The van der Waals surface area contributed by atoms with Crippen molar-refractivity contribution in [2.75, 3.05) is 32.9 Å². The minimum atomic E-state index is -1.01. The molecule has 1 aromatic carbocycles. The Bertz CT molecular complexity index is 1120. The molecule has 2 saturated heterocycles. The van der Waals surface area contributed by atoms with Gasteiger partial charge in [0, 0.05) is 28.7 Å². The highest BCUT2D eigenvalue weighted by molar-refractivity contribution is 7.10. The zero-order valence-electron chi connectivity index (χ0n) is 20.4. The molecule has 3 amide bonds. The third-order valence-electron chi connectivity index (χ3n) is 6.13. The smallest absolute Gasteiger partial charge is 0.243 e. The summed E-state index contributed by atoms with van der Waals surface area (Å²) in [6, 6.07) is 10.3. The van der Waals surface area contributed by atoms with Crippen LogP contribution < -0.4 is 21.1 Å². The molecule has 2 aliphatic heterocycles. The highest BCUT2D eigenvalue weighted by atomic mass is 32.1. The van der Waals surface area contributed by atoms with Crippen molar-refractivity contribution in [3.8, 4) is 5.75 Å². The Hall–Kier alpha value is -3.48. The Morgan fingerprint density at radius 1 is 1.19 bits per heavy atom. The number of rotatable bonds is 11. The molecule has 0 aliphatic carbocycles. The van der Waals surface area contributed by atoms with E-state index in [1.807, 2.05) is 30.3 Å². The molecule has 1 aromatic heterocycles. The molecule has 2 aromatic rings. The van der Waals surface area contributed by atoms with Crippen molar-refractivity contribution in [1.82, 2.24) is 15.5 Å². The number of nitrogens with one attached hydrogen (secondary N) is 3. The van der Waals surface area contributed by atoms with Crippen molar-refractivity contribution >= 4 is 34.9 Å². The summed E-state index contributed by atoms with van der Waals surface area (Å²) < 4.78 is 17.1. The Morgan fingerprint density at radius 3 is 2.65 bits per heavy atom. The fraction of sp³-hybridized carbons (Fsp3) is 0.440. The number of hydrogen-bond acceptors (Lipinski definition) is 8. The number of likely N-dealkylation sites (tertiary alicyclic amines) is 1. The third-order valence-corrected chi connectivity index (χ3v) is 7.06. The van der Waals surface area contributed by atoms with Gasteiger partial charge in [-0.2, -0.15) is 0 Å². The number of hydrogen-bond donors (Lipinski definition) is 4. The number of carbonyl (C=O) groups is 3. The zero-order chi connectivity index (χ0) is 26.3. The van der Waals surface area contributed by atoms with Crippen molar-refractivity contribution in [1.29, 1.82) is 5.41 Å². The highest BCUT2D eigenvalue weighted by Crippen LogP contribution is 2.35. The molecule has 0 radical (unpaired) electrons. The quantitative estimate of drug-likeness (QED) is 0.192. The van der Waals surface area contributed by atoms with Gasteiger partial charge in [-0.15, -0.1) is 11.3 Å². The zero-order valence-corrected chi connectivity index (χ0v) is 21.2. The molecule has 0 saturated carbocycles. The highest BCUT2D eigenvalue weighted by Gasteiger charge is 2.52. The predicted octanol–water partition coefficient (Wildman–Crippen LogP) is 0.968. The maximum absolute atomic E-state index is 13.1. The Kier molecular flexibility index (Phi) is 8.74. The van der Waals surface area contributed by atoms with Gasteiger partial charge >= 0.3 is 0 Å². The van der Waals surface area contributed by atoms with Crippen molar-refractivity contribution in [2.45, 2.75) is 37.6 Å². The van der Waals surface area contributed by atoms with E-state index in [9.17, 15) is 14.4 Å². The van der Waals surface area contributed by atoms with Crippen molar-refractivity contribution in [3.63, 3.8) is 0 Å². The maximum atomic E-state index is 13.1. The molecule has 5 N–H and O–H groups in total. The van der Waals surface area contributed by atoms with Gasteiger partial charge in [0.2, 0.25) is 17.7 Å². The van der Waals surface area contributed by atoms with E-state index < -0.39 is 11.8 Å². The monoisotopic (exact) mass is 529 g/mol. The number of amidine groups is 1. The van der Waals surface area contributed by atoms with Crippen LogP contribution in [0.3, 0.4) is 0 Å². The number of benzene rings is 1. The normalized spacial score (nSPS) is 18.1. The van der Waals surface area contributed by atoms with Crippen LogP contribution in [0.2, 0.25) is 0 Å². The molecule has 3 heterocycles. The van der Waals surface area contributed by atoms with E-state index in [2.05, 4.69) is 10.6 Å². The Labute approximate surface area is 218 Å². The van der Waals surface area contributed by atoms with Gasteiger partial charge in [0.25, 0.3) is 0 Å². The second-order valence-corrected chi connectivity index (χ2v) is 9.82. The first kappa shape index (κ1) is 26.6. The predicted molar refractivity (Wildman–Crippen MR) is 136 cm³/mol. The van der Waals surface area contributed by atoms with E-state index >= 15 is 0 Å². The molecule has 2 fully saturated rings. The number of nitrogens with two attached hydrogens (primary N) is 1. The van der Waals surface area contributed by atoms with E-state index in [4.69, 9.17) is 25.4 Å². The van der Waals surface area contributed by atoms with Crippen molar-refractivity contribution < 1.29 is 28.6 Å². The number of carbonyl (C=O) groups excluding carboxylic acids is 3. The molecule has 11 nitrogen and oxygen atoms in total. The molecular weight excluding hydrogens is 498 g/mol. The summed E-state index contributed by atoms with van der Waals surface area (Å²) in [7, 11) is 0. The summed E-state index contributed by atoms with van der Waals surface area (Å²) in [6.07, 6.45) is 0.921. The van der Waals surface area contributed by atoms with Gasteiger partial charge < -0.3 is 35.5 Å². The van der Waals surface area contributed by atoms with E-state index in [0.717, 1.165) is 10.6 Å². The molecule has 1 spiro atoms. The molecule has 12 heteroatoms. The van der Waals surface area contributed by atoms with Crippen LogP contribution in [-0.2, 0) is 30.4 Å². The summed E-state index contributed by atoms with van der Waals surface area (Å²) in [5.41, 5.74) is 6.10. The fourth-order valence-corrected chi connectivity index (χ4v) is 5.08. The first-order valence-corrected chi connectivity index (χ1v) is 12.9. The van der Waals surface area contributed by atoms with Gasteiger partial charge in [0.05, 0.1) is 39.5 Å². The minimum absolute atomic E-state index is 0.0374. The number of nitrogens with zero attached hydrogens (tertiary/aromatic N) is 1. The lowest BCUT2D eigenvalue weighted by Crippen LogP contribution is -2.49. The van der Waals surface area contributed by atoms with Crippen molar-refractivity contribution in [3.05, 3.63) is 52.2 Å². The molecule has 1 atom stereocenters. The topological polar surface area (TPSA) is 156 Å². The average Bonchev–Trinajstić information content (AvgIpc) is 3.65. The van der Waals surface area contributed by atoms with E-state index in [0.29, 0.717) is 31.8 Å². The number of nitrogen functional groups attached to an aromatic ring is 1. The standard InChI is InChI=1S/C25H31N5O6S/c26-23(27)17-11-19(37-15-17)13-29-24(33)20-12-25(35-9-10-36-25)16-30(20)22(32)14-28-21(31)7-4-8-34-18-5-2-1-3-6-18/h1-3,5-6,11,15,20H,4,7-10,12-14,16H2,(H3,26,27)(H,28,31)(H,29,33)/t20-/m0/s1. The van der Waals surface area contributed by atoms with E-state index in [1.54, 1.807) is 11.4 Å². The molecule has 0 unspecified atom stereocenters. The third kappa shape index (κ3) is 7.06. The van der Waals surface area contributed by atoms with Crippen LogP contribution in [0, 0.1) is 5.41 Å². The van der Waals surface area contributed by atoms with Crippen LogP contribution >= 0.6 is 11.3 Å². The first-order valence-electron chi connectivity index (χ1n) is 12.1.